The Morgan fingerprint density at radius 1 is 1.31 bits per heavy atom. The summed E-state index contributed by atoms with van der Waals surface area (Å²) < 4.78 is 0. The molecular formula is C11H16O2. The van der Waals surface area contributed by atoms with Crippen molar-refractivity contribution in [3.8, 4) is 0 Å². The van der Waals surface area contributed by atoms with Crippen LogP contribution in [0, 0.1) is 17.3 Å². The molecule has 1 saturated carbocycles. The minimum atomic E-state index is -0.0673. The van der Waals surface area contributed by atoms with E-state index in [2.05, 4.69) is 12.2 Å². The summed E-state index contributed by atoms with van der Waals surface area (Å²) in [6.45, 7) is 0.444. The van der Waals surface area contributed by atoms with E-state index in [-0.39, 0.29) is 18.6 Å². The molecule has 0 amide bonds. The molecule has 2 aliphatic rings. The van der Waals surface area contributed by atoms with Crippen LogP contribution in [0.4, 0.5) is 0 Å². The smallest absolute Gasteiger partial charge is 0.0527 e. The Hall–Kier alpha value is -0.600. The molecule has 0 radical (unpaired) electrons. The highest BCUT2D eigenvalue weighted by molar-refractivity contribution is 5.23. The van der Waals surface area contributed by atoms with E-state index in [0.717, 1.165) is 12.8 Å². The molecule has 0 aromatic carbocycles. The van der Waals surface area contributed by atoms with Crippen molar-refractivity contribution < 1.29 is 10.2 Å². The number of fused-ring (bicyclic) bond motifs is 1. The fourth-order valence-corrected chi connectivity index (χ4v) is 2.69. The van der Waals surface area contributed by atoms with Gasteiger partial charge in [-0.1, -0.05) is 24.3 Å². The van der Waals surface area contributed by atoms with Gasteiger partial charge in [0, 0.05) is 12.0 Å². The average molecular weight is 180 g/mol. The van der Waals surface area contributed by atoms with Gasteiger partial charge in [-0.15, -0.1) is 0 Å². The standard InChI is InChI=1S/C11H16O2/c12-7-9-4-6-11(8-13)5-2-1-3-10(9)11/h1-3,5,9-10,12-13H,4,6-8H2/t9-,10-,11+/m0/s1. The van der Waals surface area contributed by atoms with Gasteiger partial charge in [0.2, 0.25) is 0 Å². The van der Waals surface area contributed by atoms with Crippen LogP contribution in [0.1, 0.15) is 12.8 Å². The molecule has 2 aliphatic carbocycles. The van der Waals surface area contributed by atoms with Crippen molar-refractivity contribution in [2.24, 2.45) is 17.3 Å². The van der Waals surface area contributed by atoms with Crippen LogP contribution >= 0.6 is 0 Å². The number of aliphatic hydroxyl groups is 2. The maximum absolute atomic E-state index is 9.40. The van der Waals surface area contributed by atoms with Crippen molar-refractivity contribution in [1.82, 2.24) is 0 Å². The number of rotatable bonds is 2. The summed E-state index contributed by atoms with van der Waals surface area (Å²) in [5.41, 5.74) is -0.0673. The zero-order valence-corrected chi connectivity index (χ0v) is 7.69. The number of allylic oxidation sites excluding steroid dienone is 3. The fourth-order valence-electron chi connectivity index (χ4n) is 2.69. The highest BCUT2D eigenvalue weighted by Gasteiger charge is 2.45. The summed E-state index contributed by atoms with van der Waals surface area (Å²) in [4.78, 5) is 0. The quantitative estimate of drug-likeness (QED) is 0.668. The van der Waals surface area contributed by atoms with E-state index >= 15 is 0 Å². The Morgan fingerprint density at radius 3 is 2.85 bits per heavy atom. The van der Waals surface area contributed by atoms with Crippen molar-refractivity contribution in [2.75, 3.05) is 13.2 Å². The summed E-state index contributed by atoms with van der Waals surface area (Å²) in [6, 6.07) is 0. The Labute approximate surface area is 78.6 Å². The Morgan fingerprint density at radius 2 is 2.15 bits per heavy atom. The second-order valence-electron chi connectivity index (χ2n) is 4.14. The summed E-state index contributed by atoms with van der Waals surface area (Å²) in [7, 11) is 0. The summed E-state index contributed by atoms with van der Waals surface area (Å²) in [6.07, 6.45) is 10.3. The van der Waals surface area contributed by atoms with E-state index in [1.54, 1.807) is 0 Å². The molecule has 0 unspecified atom stereocenters. The zero-order valence-electron chi connectivity index (χ0n) is 7.69. The van der Waals surface area contributed by atoms with Crippen LogP contribution in [0.2, 0.25) is 0 Å². The van der Waals surface area contributed by atoms with Gasteiger partial charge >= 0.3 is 0 Å². The Kier molecular flexibility index (Phi) is 2.26. The van der Waals surface area contributed by atoms with Gasteiger partial charge in [0.1, 0.15) is 0 Å². The van der Waals surface area contributed by atoms with Crippen LogP contribution in [0.25, 0.3) is 0 Å². The second-order valence-corrected chi connectivity index (χ2v) is 4.14. The van der Waals surface area contributed by atoms with Gasteiger partial charge in [0.05, 0.1) is 6.61 Å². The molecule has 13 heavy (non-hydrogen) atoms. The van der Waals surface area contributed by atoms with Crippen molar-refractivity contribution in [1.29, 1.82) is 0 Å². The predicted molar refractivity (Wildman–Crippen MR) is 51.1 cm³/mol. The van der Waals surface area contributed by atoms with Crippen LogP contribution in [0.3, 0.4) is 0 Å². The summed E-state index contributed by atoms with van der Waals surface area (Å²) in [5.74, 6) is 0.681. The third kappa shape index (κ3) is 1.25. The molecule has 0 spiro atoms. The molecule has 3 atom stereocenters. The Balaban J connectivity index is 2.26. The van der Waals surface area contributed by atoms with E-state index < -0.39 is 0 Å². The first-order valence-electron chi connectivity index (χ1n) is 4.90. The van der Waals surface area contributed by atoms with Gasteiger partial charge < -0.3 is 10.2 Å². The van der Waals surface area contributed by atoms with Gasteiger partial charge in [0.15, 0.2) is 0 Å². The number of hydrogen-bond donors (Lipinski definition) is 2. The van der Waals surface area contributed by atoms with Crippen LogP contribution in [-0.2, 0) is 0 Å². The monoisotopic (exact) mass is 180 g/mol. The van der Waals surface area contributed by atoms with E-state index in [1.165, 1.54) is 0 Å². The Bertz CT molecular complexity index is 244. The SMILES string of the molecule is OC[C@@H]1CC[C@@]2(CO)C=CC=C[C@@H]12. The van der Waals surface area contributed by atoms with E-state index in [1.807, 2.05) is 12.2 Å². The van der Waals surface area contributed by atoms with Gasteiger partial charge in [-0.25, -0.2) is 0 Å². The first-order valence-corrected chi connectivity index (χ1v) is 4.90. The van der Waals surface area contributed by atoms with Gasteiger partial charge in [-0.3, -0.25) is 0 Å². The lowest BCUT2D eigenvalue weighted by Gasteiger charge is -2.32. The van der Waals surface area contributed by atoms with Crippen LogP contribution < -0.4 is 0 Å². The highest BCUT2D eigenvalue weighted by atomic mass is 16.3. The normalized spacial score (nSPS) is 42.3. The van der Waals surface area contributed by atoms with Gasteiger partial charge in [-0.05, 0) is 24.7 Å². The third-order valence-electron chi connectivity index (χ3n) is 3.54. The molecule has 0 heterocycles. The molecule has 0 aromatic heterocycles. The minimum Gasteiger partial charge on any atom is -0.396 e. The van der Waals surface area contributed by atoms with Crippen LogP contribution in [-0.4, -0.2) is 23.4 Å². The lowest BCUT2D eigenvalue weighted by atomic mass is 9.73. The maximum Gasteiger partial charge on any atom is 0.0527 e. The molecule has 2 nitrogen and oxygen atoms in total. The van der Waals surface area contributed by atoms with Crippen LogP contribution in [0.5, 0.6) is 0 Å². The van der Waals surface area contributed by atoms with Gasteiger partial charge in [0.25, 0.3) is 0 Å². The first-order chi connectivity index (χ1) is 6.32. The second kappa shape index (κ2) is 3.28. The molecule has 2 N–H and O–H groups in total. The summed E-state index contributed by atoms with van der Waals surface area (Å²) >= 11 is 0. The zero-order chi connectivity index (χ0) is 9.31. The van der Waals surface area contributed by atoms with E-state index in [9.17, 15) is 10.2 Å². The molecule has 2 heteroatoms. The molecule has 0 aliphatic heterocycles. The van der Waals surface area contributed by atoms with Crippen LogP contribution in [0.15, 0.2) is 24.3 Å². The van der Waals surface area contributed by atoms with Gasteiger partial charge in [-0.2, -0.15) is 0 Å². The largest absolute Gasteiger partial charge is 0.396 e. The van der Waals surface area contributed by atoms with E-state index in [4.69, 9.17) is 0 Å². The molecule has 0 aromatic rings. The van der Waals surface area contributed by atoms with Crippen molar-refractivity contribution in [3.63, 3.8) is 0 Å². The number of aliphatic hydroxyl groups excluding tert-OH is 2. The average Bonchev–Trinajstić information content (AvgIpc) is 2.57. The fraction of sp³-hybridized carbons (Fsp3) is 0.636. The van der Waals surface area contributed by atoms with E-state index in [0.29, 0.717) is 11.8 Å². The molecule has 1 fully saturated rings. The molecule has 0 bridgehead atoms. The first kappa shape index (κ1) is 8.97. The number of hydrogen-bond acceptors (Lipinski definition) is 2. The summed E-state index contributed by atoms with van der Waals surface area (Å²) in [5, 5.41) is 18.6. The van der Waals surface area contributed by atoms with Crippen molar-refractivity contribution >= 4 is 0 Å². The lowest BCUT2D eigenvalue weighted by Crippen LogP contribution is -2.31. The molecule has 2 rings (SSSR count). The molecular weight excluding hydrogens is 164 g/mol. The third-order valence-corrected chi connectivity index (χ3v) is 3.54. The predicted octanol–water partition coefficient (Wildman–Crippen LogP) is 1.11. The lowest BCUT2D eigenvalue weighted by molar-refractivity contribution is 0.120. The van der Waals surface area contributed by atoms with Crippen molar-refractivity contribution in [2.45, 2.75) is 12.8 Å². The van der Waals surface area contributed by atoms with Crippen molar-refractivity contribution in [3.05, 3.63) is 24.3 Å². The topological polar surface area (TPSA) is 40.5 Å². The maximum atomic E-state index is 9.40. The molecule has 72 valence electrons. The highest BCUT2D eigenvalue weighted by Crippen LogP contribution is 2.49. The molecule has 0 saturated heterocycles. The minimum absolute atomic E-state index is 0.0673.